The van der Waals surface area contributed by atoms with Crippen molar-refractivity contribution in [3.63, 3.8) is 0 Å². The molecule has 2 aliphatic heterocycles. The molecule has 1 unspecified atom stereocenters. The van der Waals surface area contributed by atoms with Gasteiger partial charge in [0.25, 0.3) is 0 Å². The highest BCUT2D eigenvalue weighted by atomic mass is 32.2. The molecule has 0 aromatic heterocycles. The van der Waals surface area contributed by atoms with Gasteiger partial charge in [-0.15, -0.1) is 0 Å². The van der Waals surface area contributed by atoms with Gasteiger partial charge in [0.15, 0.2) is 0 Å². The Kier molecular flexibility index (Phi) is 3.02. The number of hydrogen-bond acceptors (Lipinski definition) is 3. The third-order valence-electron chi connectivity index (χ3n) is 3.09. The summed E-state index contributed by atoms with van der Waals surface area (Å²) in [4.78, 5) is 11.7. The fourth-order valence-electron chi connectivity index (χ4n) is 1.89. The van der Waals surface area contributed by atoms with E-state index in [-0.39, 0.29) is 11.3 Å². The maximum Gasteiger partial charge on any atom is 0.228 e. The van der Waals surface area contributed by atoms with Gasteiger partial charge in [-0.3, -0.25) is 4.79 Å². The molecular weight excluding hydrogens is 196 g/mol. The van der Waals surface area contributed by atoms with Gasteiger partial charge in [-0.25, -0.2) is 0 Å². The van der Waals surface area contributed by atoms with Gasteiger partial charge in [0.05, 0.1) is 5.41 Å². The van der Waals surface area contributed by atoms with E-state index in [9.17, 15) is 4.79 Å². The first-order chi connectivity index (χ1) is 6.71. The maximum atomic E-state index is 11.7. The van der Waals surface area contributed by atoms with Crippen LogP contribution >= 0.6 is 11.8 Å². The molecule has 14 heavy (non-hydrogen) atoms. The summed E-state index contributed by atoms with van der Waals surface area (Å²) in [5.41, 5.74) is -0.136. The van der Waals surface area contributed by atoms with Crippen molar-refractivity contribution < 1.29 is 4.79 Å². The minimum Gasteiger partial charge on any atom is -0.354 e. The van der Waals surface area contributed by atoms with Gasteiger partial charge in [0.1, 0.15) is 0 Å². The Bertz CT molecular complexity index is 222. The SMILES string of the molecule is CC1(C(=O)NCC2CCCS2)CNC1. The van der Waals surface area contributed by atoms with Crippen molar-refractivity contribution >= 4 is 17.7 Å². The van der Waals surface area contributed by atoms with Crippen LogP contribution in [0.4, 0.5) is 0 Å². The second-order valence-corrected chi connectivity index (χ2v) is 5.92. The van der Waals surface area contributed by atoms with Crippen molar-refractivity contribution in [1.82, 2.24) is 10.6 Å². The summed E-state index contributed by atoms with van der Waals surface area (Å²) in [5.74, 6) is 1.49. The monoisotopic (exact) mass is 214 g/mol. The lowest BCUT2D eigenvalue weighted by atomic mass is 9.83. The molecule has 0 spiro atoms. The Labute approximate surface area is 89.4 Å². The van der Waals surface area contributed by atoms with Crippen LogP contribution in [-0.4, -0.2) is 36.5 Å². The third kappa shape index (κ3) is 2.06. The van der Waals surface area contributed by atoms with Crippen LogP contribution in [0, 0.1) is 5.41 Å². The van der Waals surface area contributed by atoms with Crippen molar-refractivity contribution in [3.05, 3.63) is 0 Å². The maximum absolute atomic E-state index is 11.7. The smallest absolute Gasteiger partial charge is 0.228 e. The normalized spacial score (nSPS) is 29.6. The van der Waals surface area contributed by atoms with Gasteiger partial charge < -0.3 is 10.6 Å². The second kappa shape index (κ2) is 4.11. The summed E-state index contributed by atoms with van der Waals surface area (Å²) in [6.45, 7) is 4.55. The van der Waals surface area contributed by atoms with Gasteiger partial charge >= 0.3 is 0 Å². The highest BCUT2D eigenvalue weighted by Crippen LogP contribution is 2.26. The highest BCUT2D eigenvalue weighted by molar-refractivity contribution is 8.00. The summed E-state index contributed by atoms with van der Waals surface area (Å²) in [6.07, 6.45) is 2.57. The quantitative estimate of drug-likeness (QED) is 0.723. The second-order valence-electron chi connectivity index (χ2n) is 4.51. The number of nitrogens with one attached hydrogen (secondary N) is 2. The summed E-state index contributed by atoms with van der Waals surface area (Å²) in [6, 6.07) is 0. The molecule has 2 heterocycles. The molecule has 1 amide bonds. The number of amides is 1. The van der Waals surface area contributed by atoms with Crippen LogP contribution in [0.2, 0.25) is 0 Å². The molecule has 4 heteroatoms. The Hall–Kier alpha value is -0.220. The van der Waals surface area contributed by atoms with Gasteiger partial charge in [-0.2, -0.15) is 11.8 Å². The molecule has 2 aliphatic rings. The van der Waals surface area contributed by atoms with E-state index < -0.39 is 0 Å². The molecule has 0 aromatic rings. The zero-order chi connectivity index (χ0) is 10.0. The Morgan fingerprint density at radius 1 is 1.64 bits per heavy atom. The molecule has 0 radical (unpaired) electrons. The predicted octanol–water partition coefficient (Wildman–Crippen LogP) is 0.608. The average Bonchev–Trinajstić information content (AvgIpc) is 2.62. The van der Waals surface area contributed by atoms with Crippen LogP contribution in [0.25, 0.3) is 0 Å². The van der Waals surface area contributed by atoms with Gasteiger partial charge in [-0.1, -0.05) is 0 Å². The molecule has 2 rings (SSSR count). The number of thioether (sulfide) groups is 1. The first kappa shape index (κ1) is 10.3. The van der Waals surface area contributed by atoms with E-state index in [2.05, 4.69) is 10.6 Å². The van der Waals surface area contributed by atoms with E-state index in [0.29, 0.717) is 5.25 Å². The molecule has 2 fully saturated rings. The predicted molar refractivity (Wildman–Crippen MR) is 59.5 cm³/mol. The van der Waals surface area contributed by atoms with Gasteiger partial charge in [-0.05, 0) is 25.5 Å². The van der Waals surface area contributed by atoms with Crippen LogP contribution in [0.3, 0.4) is 0 Å². The lowest BCUT2D eigenvalue weighted by Crippen LogP contribution is -2.60. The number of rotatable bonds is 3. The van der Waals surface area contributed by atoms with E-state index >= 15 is 0 Å². The summed E-state index contributed by atoms with van der Waals surface area (Å²) < 4.78 is 0. The van der Waals surface area contributed by atoms with Crippen LogP contribution < -0.4 is 10.6 Å². The molecule has 2 saturated heterocycles. The average molecular weight is 214 g/mol. The fourth-order valence-corrected chi connectivity index (χ4v) is 3.09. The van der Waals surface area contributed by atoms with Crippen molar-refractivity contribution in [2.75, 3.05) is 25.4 Å². The van der Waals surface area contributed by atoms with Crippen LogP contribution in [-0.2, 0) is 4.79 Å². The molecule has 0 aromatic carbocycles. The number of hydrogen-bond donors (Lipinski definition) is 2. The summed E-state index contributed by atoms with van der Waals surface area (Å²) in [5, 5.41) is 6.87. The van der Waals surface area contributed by atoms with Crippen molar-refractivity contribution in [1.29, 1.82) is 0 Å². The van der Waals surface area contributed by atoms with Gasteiger partial charge in [0.2, 0.25) is 5.91 Å². The molecule has 2 N–H and O–H groups in total. The number of carbonyl (C=O) groups excluding carboxylic acids is 1. The molecule has 1 atom stereocenters. The van der Waals surface area contributed by atoms with E-state index in [4.69, 9.17) is 0 Å². The standard InChI is InChI=1S/C10H18N2OS/c1-10(6-11-7-10)9(13)12-5-8-3-2-4-14-8/h8,11H,2-7H2,1H3,(H,12,13). The minimum atomic E-state index is -0.136. The lowest BCUT2D eigenvalue weighted by Gasteiger charge is -2.37. The first-order valence-electron chi connectivity index (χ1n) is 5.31. The largest absolute Gasteiger partial charge is 0.354 e. The molecule has 0 saturated carbocycles. The third-order valence-corrected chi connectivity index (χ3v) is 4.49. The Balaban J connectivity index is 1.71. The van der Waals surface area contributed by atoms with Crippen LogP contribution in [0.5, 0.6) is 0 Å². The van der Waals surface area contributed by atoms with E-state index in [1.165, 1.54) is 18.6 Å². The summed E-state index contributed by atoms with van der Waals surface area (Å²) in [7, 11) is 0. The minimum absolute atomic E-state index is 0.136. The van der Waals surface area contributed by atoms with Crippen molar-refractivity contribution in [2.24, 2.45) is 5.41 Å². The Morgan fingerprint density at radius 3 is 2.93 bits per heavy atom. The fraction of sp³-hybridized carbons (Fsp3) is 0.900. The van der Waals surface area contributed by atoms with E-state index in [1.54, 1.807) is 0 Å². The molecule has 0 bridgehead atoms. The molecule has 80 valence electrons. The summed E-state index contributed by atoms with van der Waals surface area (Å²) >= 11 is 1.99. The zero-order valence-electron chi connectivity index (χ0n) is 8.64. The van der Waals surface area contributed by atoms with Crippen molar-refractivity contribution in [2.45, 2.75) is 25.0 Å². The first-order valence-corrected chi connectivity index (χ1v) is 6.36. The van der Waals surface area contributed by atoms with Crippen LogP contribution in [0.15, 0.2) is 0 Å². The van der Waals surface area contributed by atoms with Gasteiger partial charge in [0, 0.05) is 24.9 Å². The molecular formula is C10H18N2OS. The highest BCUT2D eigenvalue weighted by Gasteiger charge is 2.39. The zero-order valence-corrected chi connectivity index (χ0v) is 9.45. The van der Waals surface area contributed by atoms with E-state index in [1.807, 2.05) is 18.7 Å². The van der Waals surface area contributed by atoms with Crippen LogP contribution in [0.1, 0.15) is 19.8 Å². The Morgan fingerprint density at radius 2 is 2.43 bits per heavy atom. The van der Waals surface area contributed by atoms with E-state index in [0.717, 1.165) is 19.6 Å². The number of carbonyl (C=O) groups is 1. The molecule has 3 nitrogen and oxygen atoms in total. The lowest BCUT2D eigenvalue weighted by molar-refractivity contribution is -0.132. The van der Waals surface area contributed by atoms with Crippen molar-refractivity contribution in [3.8, 4) is 0 Å². The topological polar surface area (TPSA) is 41.1 Å². The molecule has 0 aliphatic carbocycles.